The van der Waals surface area contributed by atoms with E-state index in [-0.39, 0.29) is 24.9 Å². The zero-order chi connectivity index (χ0) is 21.5. The van der Waals surface area contributed by atoms with Gasteiger partial charge in [-0.2, -0.15) is 0 Å². The van der Waals surface area contributed by atoms with E-state index in [1.807, 2.05) is 36.4 Å². The molecular weight excluding hydrogens is 380 g/mol. The molecule has 0 fully saturated rings. The topological polar surface area (TPSA) is 87.0 Å². The number of aryl methyl sites for hydroxylation is 1. The van der Waals surface area contributed by atoms with Crippen LogP contribution in [0.1, 0.15) is 24.8 Å². The molecule has 0 heterocycles. The number of ketones is 1. The van der Waals surface area contributed by atoms with Crippen molar-refractivity contribution in [3.8, 4) is 16.9 Å². The number of ether oxygens (including phenoxy) is 1. The largest absolute Gasteiger partial charge is 0.504 e. The summed E-state index contributed by atoms with van der Waals surface area (Å²) in [7, 11) is 1.64. The van der Waals surface area contributed by atoms with Crippen molar-refractivity contribution in [2.75, 3.05) is 20.3 Å². The van der Waals surface area contributed by atoms with E-state index in [4.69, 9.17) is 4.74 Å². The molecule has 5 heteroatoms. The van der Waals surface area contributed by atoms with E-state index in [1.165, 1.54) is 6.08 Å². The Morgan fingerprint density at radius 1 is 0.933 bits per heavy atom. The summed E-state index contributed by atoms with van der Waals surface area (Å²) in [5.74, 6) is -0.0647. The number of allylic oxidation sites excluding steroid dienone is 2. The second-order valence-corrected chi connectivity index (χ2v) is 7.46. The van der Waals surface area contributed by atoms with Gasteiger partial charge in [0.1, 0.15) is 5.75 Å². The Balaban J connectivity index is 1.72. The van der Waals surface area contributed by atoms with Crippen LogP contribution in [0.2, 0.25) is 0 Å². The lowest BCUT2D eigenvalue weighted by Crippen LogP contribution is -2.22. The van der Waals surface area contributed by atoms with Gasteiger partial charge in [0, 0.05) is 12.5 Å². The molecule has 0 aliphatic heterocycles. The van der Waals surface area contributed by atoms with Crippen molar-refractivity contribution < 1.29 is 24.9 Å². The number of hydrogen-bond acceptors (Lipinski definition) is 5. The molecule has 0 spiro atoms. The van der Waals surface area contributed by atoms with E-state index in [0.717, 1.165) is 22.4 Å². The lowest BCUT2D eigenvalue weighted by molar-refractivity contribution is -0.114. The van der Waals surface area contributed by atoms with Crippen molar-refractivity contribution in [1.29, 1.82) is 0 Å². The van der Waals surface area contributed by atoms with Crippen LogP contribution in [0, 0.1) is 5.92 Å². The first kappa shape index (κ1) is 21.8. The fourth-order valence-electron chi connectivity index (χ4n) is 3.91. The molecule has 0 bridgehead atoms. The van der Waals surface area contributed by atoms with Crippen molar-refractivity contribution in [3.63, 3.8) is 0 Å². The third kappa shape index (κ3) is 4.99. The minimum absolute atomic E-state index is 0.0318. The van der Waals surface area contributed by atoms with Crippen LogP contribution >= 0.6 is 0 Å². The molecule has 2 aromatic rings. The summed E-state index contributed by atoms with van der Waals surface area (Å²) in [6.45, 7) is -0.195. The predicted molar refractivity (Wildman–Crippen MR) is 116 cm³/mol. The quantitative estimate of drug-likeness (QED) is 0.584. The number of methoxy groups -OCH3 is 1. The Morgan fingerprint density at radius 3 is 2.13 bits per heavy atom. The summed E-state index contributed by atoms with van der Waals surface area (Å²) in [5.41, 5.74) is 4.56. The monoisotopic (exact) mass is 408 g/mol. The highest BCUT2D eigenvalue weighted by Gasteiger charge is 2.29. The van der Waals surface area contributed by atoms with Gasteiger partial charge < -0.3 is 20.1 Å². The van der Waals surface area contributed by atoms with Gasteiger partial charge in [-0.25, -0.2) is 0 Å². The minimum Gasteiger partial charge on any atom is -0.504 e. The van der Waals surface area contributed by atoms with Gasteiger partial charge >= 0.3 is 0 Å². The molecule has 2 aromatic carbocycles. The Labute approximate surface area is 177 Å². The molecule has 30 heavy (non-hydrogen) atoms. The molecule has 3 rings (SSSR count). The van der Waals surface area contributed by atoms with Crippen LogP contribution in [-0.2, 0) is 11.2 Å². The summed E-state index contributed by atoms with van der Waals surface area (Å²) >= 11 is 0. The lowest BCUT2D eigenvalue weighted by atomic mass is 9.79. The van der Waals surface area contributed by atoms with Crippen molar-refractivity contribution >= 4 is 5.78 Å². The molecule has 1 aliphatic rings. The number of carbonyl (C=O) groups is 1. The average Bonchev–Trinajstić information content (AvgIpc) is 2.79. The number of aliphatic hydroxyl groups is 3. The molecule has 0 aromatic heterocycles. The predicted octanol–water partition coefficient (Wildman–Crippen LogP) is 4.00. The van der Waals surface area contributed by atoms with Crippen LogP contribution in [0.15, 0.2) is 71.5 Å². The fraction of sp³-hybridized carbons (Fsp3) is 0.320. The van der Waals surface area contributed by atoms with Crippen LogP contribution in [0.4, 0.5) is 0 Å². The standard InChI is InChI=1S/C25H28O5/c1-30-21-11-9-19(10-12-21)18-7-4-17(5-8-18)6-13-23-22(3-2-14-26)20(16-27)15-24(28)25(23)29/h4-5,7-12,15,22,26-27,29H,2-3,6,13-14,16H2,1H3. The average molecular weight is 408 g/mol. The van der Waals surface area contributed by atoms with Gasteiger partial charge in [0.15, 0.2) is 5.76 Å². The fourth-order valence-corrected chi connectivity index (χ4v) is 3.91. The third-order valence-electron chi connectivity index (χ3n) is 5.62. The molecule has 1 unspecified atom stereocenters. The van der Waals surface area contributed by atoms with Crippen molar-refractivity contribution in [2.45, 2.75) is 25.7 Å². The van der Waals surface area contributed by atoms with Gasteiger partial charge in [0.25, 0.3) is 0 Å². The maximum absolute atomic E-state index is 12.1. The van der Waals surface area contributed by atoms with Crippen LogP contribution in [0.3, 0.4) is 0 Å². The molecule has 0 saturated carbocycles. The zero-order valence-corrected chi connectivity index (χ0v) is 17.2. The van der Waals surface area contributed by atoms with E-state index >= 15 is 0 Å². The van der Waals surface area contributed by atoms with Crippen LogP contribution in [0.5, 0.6) is 5.75 Å². The van der Waals surface area contributed by atoms with Gasteiger partial charge in [-0.3, -0.25) is 4.79 Å². The highest BCUT2D eigenvalue weighted by Crippen LogP contribution is 2.34. The number of carbonyl (C=O) groups excluding carboxylic acids is 1. The number of rotatable bonds is 9. The zero-order valence-electron chi connectivity index (χ0n) is 17.2. The molecular formula is C25H28O5. The number of aliphatic hydroxyl groups excluding tert-OH is 3. The highest BCUT2D eigenvalue weighted by molar-refractivity contribution is 6.04. The summed E-state index contributed by atoms with van der Waals surface area (Å²) in [6, 6.07) is 16.1. The Morgan fingerprint density at radius 2 is 1.57 bits per heavy atom. The van der Waals surface area contributed by atoms with Gasteiger partial charge in [-0.15, -0.1) is 0 Å². The first-order valence-electron chi connectivity index (χ1n) is 10.2. The maximum Gasteiger partial charge on any atom is 0.220 e. The number of benzene rings is 2. The van der Waals surface area contributed by atoms with Gasteiger partial charge in [-0.1, -0.05) is 36.4 Å². The molecule has 158 valence electrons. The second-order valence-electron chi connectivity index (χ2n) is 7.46. The van der Waals surface area contributed by atoms with Gasteiger partial charge in [0.2, 0.25) is 5.78 Å². The molecule has 0 radical (unpaired) electrons. The Kier molecular flexibility index (Phi) is 7.44. The summed E-state index contributed by atoms with van der Waals surface area (Å²) < 4.78 is 5.20. The first-order chi connectivity index (χ1) is 14.6. The van der Waals surface area contributed by atoms with Gasteiger partial charge in [0.05, 0.1) is 13.7 Å². The van der Waals surface area contributed by atoms with Crippen molar-refractivity contribution in [2.24, 2.45) is 5.92 Å². The molecule has 0 amide bonds. The minimum atomic E-state index is -0.454. The normalized spacial score (nSPS) is 16.6. The molecule has 1 atom stereocenters. The van der Waals surface area contributed by atoms with E-state index < -0.39 is 5.78 Å². The maximum atomic E-state index is 12.1. The van der Waals surface area contributed by atoms with Gasteiger partial charge in [-0.05, 0) is 71.7 Å². The molecule has 3 N–H and O–H groups in total. The highest BCUT2D eigenvalue weighted by atomic mass is 16.5. The van der Waals surface area contributed by atoms with Crippen molar-refractivity contribution in [3.05, 3.63) is 77.1 Å². The van der Waals surface area contributed by atoms with Crippen molar-refractivity contribution in [1.82, 2.24) is 0 Å². The molecule has 0 saturated heterocycles. The van der Waals surface area contributed by atoms with E-state index in [9.17, 15) is 20.1 Å². The lowest BCUT2D eigenvalue weighted by Gasteiger charge is -2.26. The second kappa shape index (κ2) is 10.2. The SMILES string of the molecule is COc1ccc(-c2ccc(CCC3=C(O)C(=O)C=C(CO)C3CCCO)cc2)cc1. The molecule has 5 nitrogen and oxygen atoms in total. The van der Waals surface area contributed by atoms with E-state index in [0.29, 0.717) is 36.8 Å². The van der Waals surface area contributed by atoms with Crippen LogP contribution < -0.4 is 4.74 Å². The third-order valence-corrected chi connectivity index (χ3v) is 5.62. The smallest absolute Gasteiger partial charge is 0.220 e. The van der Waals surface area contributed by atoms with E-state index in [1.54, 1.807) is 7.11 Å². The summed E-state index contributed by atoms with van der Waals surface area (Å²) in [5, 5.41) is 29.2. The Hall–Kier alpha value is -2.89. The number of hydrogen-bond donors (Lipinski definition) is 3. The van der Waals surface area contributed by atoms with Crippen LogP contribution in [0.25, 0.3) is 11.1 Å². The van der Waals surface area contributed by atoms with E-state index in [2.05, 4.69) is 12.1 Å². The molecule has 1 aliphatic carbocycles. The first-order valence-corrected chi connectivity index (χ1v) is 10.2. The summed E-state index contributed by atoms with van der Waals surface area (Å²) in [4.78, 5) is 12.1. The van der Waals surface area contributed by atoms with Crippen LogP contribution in [-0.4, -0.2) is 41.4 Å². The summed E-state index contributed by atoms with van der Waals surface area (Å²) in [6.07, 6.45) is 3.65. The Bertz CT molecular complexity index is 923.